The molecule has 0 saturated heterocycles. The van der Waals surface area contributed by atoms with E-state index in [0.29, 0.717) is 23.7 Å². The summed E-state index contributed by atoms with van der Waals surface area (Å²) in [6, 6.07) is 41.9. The van der Waals surface area contributed by atoms with E-state index in [0.717, 1.165) is 39.2 Å². The molecule has 212 valence electrons. The van der Waals surface area contributed by atoms with Gasteiger partial charge in [0, 0.05) is 16.9 Å². The summed E-state index contributed by atoms with van der Waals surface area (Å²) in [5.74, 6) is 0.920. The second kappa shape index (κ2) is 12.5. The van der Waals surface area contributed by atoms with Crippen molar-refractivity contribution in [1.29, 1.82) is 0 Å². The predicted octanol–water partition coefficient (Wildman–Crippen LogP) is 7.96. The molecule has 6 aromatic rings. The molecule has 0 aliphatic carbocycles. The number of ether oxygens (including phenoxy) is 2. The highest BCUT2D eigenvalue weighted by atomic mass is 16.5. The Morgan fingerprint density at radius 1 is 0.814 bits per heavy atom. The number of nitrogens with one attached hydrogen (secondary N) is 1. The molecule has 0 radical (unpaired) electrons. The Kier molecular flexibility index (Phi) is 8.00. The van der Waals surface area contributed by atoms with Crippen LogP contribution in [0.2, 0.25) is 0 Å². The van der Waals surface area contributed by atoms with Gasteiger partial charge in [-0.25, -0.2) is 5.43 Å². The van der Waals surface area contributed by atoms with Crippen LogP contribution in [0.4, 0.5) is 0 Å². The first-order chi connectivity index (χ1) is 21.1. The highest BCUT2D eigenvalue weighted by molar-refractivity contribution is 5.95. The van der Waals surface area contributed by atoms with Gasteiger partial charge in [-0.3, -0.25) is 4.79 Å². The Bertz CT molecular complexity index is 1900. The summed E-state index contributed by atoms with van der Waals surface area (Å²) in [4.78, 5) is 12.8. The minimum absolute atomic E-state index is 0.294. The standard InChI is InChI=1S/C37H31N3O3/c1-26-15-21-34(29-10-4-3-5-11-29)40(26)32-19-17-30(18-20-32)37(41)39-38-24-27-16-22-35(36(23-27)42-2)43-25-31-13-8-12-28-9-6-7-14-33(28)31/h3-24H,25H2,1-2H3,(H,39,41)/b38-24+. The number of carbonyl (C=O) groups is 1. The molecular formula is C37H31N3O3. The topological polar surface area (TPSA) is 64.8 Å². The van der Waals surface area contributed by atoms with E-state index >= 15 is 0 Å². The van der Waals surface area contributed by atoms with Crippen LogP contribution in [0.3, 0.4) is 0 Å². The molecule has 0 fully saturated rings. The summed E-state index contributed by atoms with van der Waals surface area (Å²) >= 11 is 0. The van der Waals surface area contributed by atoms with Gasteiger partial charge < -0.3 is 14.0 Å². The summed E-state index contributed by atoms with van der Waals surface area (Å²) in [5, 5.41) is 6.50. The number of aryl methyl sites for hydroxylation is 1. The SMILES string of the molecule is COc1cc(/C=N/NC(=O)c2ccc(-n3c(C)ccc3-c3ccccc3)cc2)ccc1OCc1cccc2ccccc12. The summed E-state index contributed by atoms with van der Waals surface area (Å²) in [5.41, 5.74) is 9.32. The van der Waals surface area contributed by atoms with Crippen LogP contribution in [0.5, 0.6) is 11.5 Å². The monoisotopic (exact) mass is 565 g/mol. The summed E-state index contributed by atoms with van der Waals surface area (Å²) < 4.78 is 13.9. The number of nitrogens with zero attached hydrogens (tertiary/aromatic N) is 2. The summed E-state index contributed by atoms with van der Waals surface area (Å²) in [6.07, 6.45) is 1.58. The number of hydrogen-bond donors (Lipinski definition) is 1. The average Bonchev–Trinajstić information content (AvgIpc) is 3.45. The molecule has 5 aromatic carbocycles. The van der Waals surface area contributed by atoms with Crippen LogP contribution in [0, 0.1) is 6.92 Å². The molecule has 6 heteroatoms. The number of rotatable bonds is 9. The molecule has 0 unspecified atom stereocenters. The van der Waals surface area contributed by atoms with Crippen molar-refractivity contribution in [2.24, 2.45) is 5.10 Å². The zero-order chi connectivity index (χ0) is 29.6. The van der Waals surface area contributed by atoms with E-state index in [1.807, 2.05) is 66.7 Å². The molecule has 6 nitrogen and oxygen atoms in total. The summed E-state index contributed by atoms with van der Waals surface area (Å²) in [6.45, 7) is 2.48. The van der Waals surface area contributed by atoms with Crippen molar-refractivity contribution in [3.63, 3.8) is 0 Å². The molecule has 0 atom stereocenters. The van der Waals surface area contributed by atoms with Crippen molar-refractivity contribution >= 4 is 22.9 Å². The molecule has 0 saturated carbocycles. The fourth-order valence-corrected chi connectivity index (χ4v) is 5.17. The van der Waals surface area contributed by atoms with E-state index < -0.39 is 0 Å². The first-order valence-electron chi connectivity index (χ1n) is 14.1. The Morgan fingerprint density at radius 3 is 2.40 bits per heavy atom. The van der Waals surface area contributed by atoms with E-state index in [-0.39, 0.29) is 5.91 Å². The number of hydrogen-bond acceptors (Lipinski definition) is 4. The van der Waals surface area contributed by atoms with Crippen molar-refractivity contribution in [3.8, 4) is 28.4 Å². The molecule has 6 rings (SSSR count). The molecule has 0 aliphatic rings. The van der Waals surface area contributed by atoms with Crippen molar-refractivity contribution in [3.05, 3.63) is 150 Å². The van der Waals surface area contributed by atoms with Crippen LogP contribution in [-0.4, -0.2) is 23.8 Å². The predicted molar refractivity (Wildman–Crippen MR) is 172 cm³/mol. The first-order valence-corrected chi connectivity index (χ1v) is 14.1. The largest absolute Gasteiger partial charge is 0.493 e. The van der Waals surface area contributed by atoms with Gasteiger partial charge in [0.15, 0.2) is 11.5 Å². The molecule has 1 heterocycles. The summed E-state index contributed by atoms with van der Waals surface area (Å²) in [7, 11) is 1.60. The second-order valence-electron chi connectivity index (χ2n) is 10.1. The van der Waals surface area contributed by atoms with Gasteiger partial charge in [0.2, 0.25) is 0 Å². The van der Waals surface area contributed by atoms with Crippen LogP contribution in [0.15, 0.2) is 132 Å². The van der Waals surface area contributed by atoms with E-state index in [1.165, 1.54) is 5.39 Å². The first kappa shape index (κ1) is 27.5. The Hall–Kier alpha value is -5.62. The number of fused-ring (bicyclic) bond motifs is 1. The van der Waals surface area contributed by atoms with Gasteiger partial charge in [-0.15, -0.1) is 0 Å². The normalized spacial score (nSPS) is 11.1. The molecule has 0 bridgehead atoms. The van der Waals surface area contributed by atoms with Gasteiger partial charge in [0.1, 0.15) is 6.61 Å². The van der Waals surface area contributed by atoms with Gasteiger partial charge in [0.25, 0.3) is 5.91 Å². The maximum Gasteiger partial charge on any atom is 0.271 e. The number of amides is 1. The molecule has 43 heavy (non-hydrogen) atoms. The fourth-order valence-electron chi connectivity index (χ4n) is 5.17. The molecule has 1 N–H and O–H groups in total. The number of hydrazone groups is 1. The zero-order valence-electron chi connectivity index (χ0n) is 24.0. The lowest BCUT2D eigenvalue weighted by atomic mass is 10.1. The fraction of sp³-hybridized carbons (Fsp3) is 0.0811. The van der Waals surface area contributed by atoms with E-state index in [2.05, 4.69) is 70.5 Å². The Balaban J connectivity index is 1.10. The maximum atomic E-state index is 12.8. The van der Waals surface area contributed by atoms with E-state index in [4.69, 9.17) is 9.47 Å². The van der Waals surface area contributed by atoms with Gasteiger partial charge in [-0.1, -0.05) is 72.8 Å². The van der Waals surface area contributed by atoms with Crippen molar-refractivity contribution in [2.75, 3.05) is 7.11 Å². The smallest absolute Gasteiger partial charge is 0.271 e. The number of carbonyl (C=O) groups excluding carboxylic acids is 1. The van der Waals surface area contributed by atoms with E-state index in [9.17, 15) is 4.79 Å². The van der Waals surface area contributed by atoms with Crippen LogP contribution in [0.1, 0.15) is 27.2 Å². The minimum atomic E-state index is -0.294. The second-order valence-corrected chi connectivity index (χ2v) is 10.1. The lowest BCUT2D eigenvalue weighted by Crippen LogP contribution is -2.17. The Morgan fingerprint density at radius 2 is 1.58 bits per heavy atom. The van der Waals surface area contributed by atoms with Crippen LogP contribution >= 0.6 is 0 Å². The van der Waals surface area contributed by atoms with Crippen molar-refractivity contribution in [1.82, 2.24) is 9.99 Å². The van der Waals surface area contributed by atoms with Gasteiger partial charge in [0.05, 0.1) is 19.0 Å². The number of aromatic nitrogens is 1. The van der Waals surface area contributed by atoms with Crippen molar-refractivity contribution in [2.45, 2.75) is 13.5 Å². The Labute approximate surface area is 250 Å². The third-order valence-corrected chi connectivity index (χ3v) is 7.36. The van der Waals surface area contributed by atoms with Gasteiger partial charge in [-0.2, -0.15) is 5.10 Å². The average molecular weight is 566 g/mol. The number of methoxy groups -OCH3 is 1. The van der Waals surface area contributed by atoms with Gasteiger partial charge in [-0.05, 0) is 89.0 Å². The van der Waals surface area contributed by atoms with Gasteiger partial charge >= 0.3 is 0 Å². The lowest BCUT2D eigenvalue weighted by Gasteiger charge is -2.13. The maximum absolute atomic E-state index is 12.8. The van der Waals surface area contributed by atoms with Crippen molar-refractivity contribution < 1.29 is 14.3 Å². The molecule has 0 aliphatic heterocycles. The quantitative estimate of drug-likeness (QED) is 0.143. The minimum Gasteiger partial charge on any atom is -0.493 e. The lowest BCUT2D eigenvalue weighted by molar-refractivity contribution is 0.0955. The highest BCUT2D eigenvalue weighted by Crippen LogP contribution is 2.30. The third-order valence-electron chi connectivity index (χ3n) is 7.36. The van der Waals surface area contributed by atoms with E-state index in [1.54, 1.807) is 25.5 Å². The highest BCUT2D eigenvalue weighted by Gasteiger charge is 2.11. The molecular weight excluding hydrogens is 534 g/mol. The third kappa shape index (κ3) is 6.04. The number of benzene rings is 5. The zero-order valence-corrected chi connectivity index (χ0v) is 24.0. The molecule has 0 spiro atoms. The van der Waals surface area contributed by atoms with Crippen LogP contribution in [-0.2, 0) is 6.61 Å². The molecule has 1 aromatic heterocycles. The molecule has 1 amide bonds. The van der Waals surface area contributed by atoms with Crippen LogP contribution < -0.4 is 14.9 Å². The van der Waals surface area contributed by atoms with Crippen LogP contribution in [0.25, 0.3) is 27.7 Å².